The van der Waals surface area contributed by atoms with Crippen molar-refractivity contribution in [2.75, 3.05) is 0 Å². The van der Waals surface area contributed by atoms with E-state index in [0.29, 0.717) is 22.4 Å². The number of carbonyl (C=O) groups is 1. The third kappa shape index (κ3) is 4.36. The molecule has 6 heteroatoms. The van der Waals surface area contributed by atoms with Crippen molar-refractivity contribution in [2.24, 2.45) is 0 Å². The van der Waals surface area contributed by atoms with Gasteiger partial charge >= 0.3 is 0 Å². The molecule has 1 heterocycles. The molecule has 0 spiro atoms. The number of nitrogens with zero attached hydrogens (tertiary/aromatic N) is 2. The molecule has 144 valence electrons. The van der Waals surface area contributed by atoms with E-state index in [4.69, 9.17) is 16.0 Å². The van der Waals surface area contributed by atoms with Gasteiger partial charge in [0.25, 0.3) is 5.91 Å². The lowest BCUT2D eigenvalue weighted by Gasteiger charge is -2.14. The number of halogens is 1. The lowest BCUT2D eigenvalue weighted by atomic mass is 10.1. The number of carbonyl (C=O) groups excluding carboxylic acids is 1. The summed E-state index contributed by atoms with van der Waals surface area (Å²) >= 11 is 5.92. The van der Waals surface area contributed by atoms with E-state index in [1.165, 1.54) is 0 Å². The van der Waals surface area contributed by atoms with Crippen LogP contribution in [0.1, 0.15) is 28.9 Å². The normalized spacial score (nSPS) is 11.8. The molecule has 0 aliphatic carbocycles. The molecule has 1 N–H and O–H groups in total. The molecule has 0 unspecified atom stereocenters. The SMILES string of the molecule is C[C@H](NC(=O)c1ccc(-c2nnc(-c3ccccc3)o2)cc1)c1ccc(Cl)cc1. The monoisotopic (exact) mass is 403 g/mol. The van der Waals surface area contributed by atoms with Crippen LogP contribution in [0.5, 0.6) is 0 Å². The summed E-state index contributed by atoms with van der Waals surface area (Å²) < 4.78 is 5.75. The van der Waals surface area contributed by atoms with Gasteiger partial charge in [-0.25, -0.2) is 0 Å². The maximum Gasteiger partial charge on any atom is 0.251 e. The maximum absolute atomic E-state index is 12.5. The van der Waals surface area contributed by atoms with Crippen molar-refractivity contribution < 1.29 is 9.21 Å². The van der Waals surface area contributed by atoms with Crippen molar-refractivity contribution in [3.8, 4) is 22.9 Å². The molecule has 0 bridgehead atoms. The molecule has 0 fully saturated rings. The van der Waals surface area contributed by atoms with Crippen LogP contribution < -0.4 is 5.32 Å². The standard InChI is InChI=1S/C23H18ClN3O2/c1-15(16-11-13-20(24)14-12-16)25-21(28)17-7-9-19(10-8-17)23-27-26-22(29-23)18-5-3-2-4-6-18/h2-15H,1H3,(H,25,28)/t15-/m0/s1. The maximum atomic E-state index is 12.5. The molecular weight excluding hydrogens is 386 g/mol. The number of rotatable bonds is 5. The molecule has 0 aliphatic rings. The highest BCUT2D eigenvalue weighted by Gasteiger charge is 2.14. The van der Waals surface area contributed by atoms with Crippen LogP contribution in [0.3, 0.4) is 0 Å². The Morgan fingerprint density at radius 3 is 2.07 bits per heavy atom. The molecule has 29 heavy (non-hydrogen) atoms. The number of benzene rings is 3. The second kappa shape index (κ2) is 8.29. The Morgan fingerprint density at radius 2 is 1.45 bits per heavy atom. The van der Waals surface area contributed by atoms with Crippen molar-refractivity contribution in [1.29, 1.82) is 0 Å². The molecular formula is C23H18ClN3O2. The van der Waals surface area contributed by atoms with E-state index in [9.17, 15) is 4.79 Å². The lowest BCUT2D eigenvalue weighted by molar-refractivity contribution is 0.0940. The Kier molecular flexibility index (Phi) is 5.40. The highest BCUT2D eigenvalue weighted by atomic mass is 35.5. The van der Waals surface area contributed by atoms with Crippen LogP contribution in [-0.4, -0.2) is 16.1 Å². The van der Waals surface area contributed by atoms with Crippen LogP contribution in [-0.2, 0) is 0 Å². The Morgan fingerprint density at radius 1 is 0.862 bits per heavy atom. The minimum absolute atomic E-state index is 0.135. The summed E-state index contributed by atoms with van der Waals surface area (Å²) in [6.07, 6.45) is 0. The molecule has 1 aromatic heterocycles. The van der Waals surface area contributed by atoms with E-state index in [0.717, 1.165) is 16.7 Å². The largest absolute Gasteiger partial charge is 0.416 e. The van der Waals surface area contributed by atoms with Crippen molar-refractivity contribution in [2.45, 2.75) is 13.0 Å². The Labute approximate surface area is 173 Å². The van der Waals surface area contributed by atoms with E-state index in [2.05, 4.69) is 15.5 Å². The molecule has 4 rings (SSSR count). The van der Waals surface area contributed by atoms with Crippen LogP contribution in [0, 0.1) is 0 Å². The van der Waals surface area contributed by atoms with Gasteiger partial charge in [-0.3, -0.25) is 4.79 Å². The molecule has 1 atom stereocenters. The summed E-state index contributed by atoms with van der Waals surface area (Å²) in [7, 11) is 0. The van der Waals surface area contributed by atoms with Gasteiger partial charge in [0.1, 0.15) is 0 Å². The van der Waals surface area contributed by atoms with Gasteiger partial charge in [0.15, 0.2) is 0 Å². The Balaban J connectivity index is 1.45. The average Bonchev–Trinajstić information content (AvgIpc) is 3.25. The molecule has 4 aromatic rings. The molecule has 5 nitrogen and oxygen atoms in total. The van der Waals surface area contributed by atoms with Crippen LogP contribution in [0.2, 0.25) is 5.02 Å². The average molecular weight is 404 g/mol. The second-order valence-corrected chi connectivity index (χ2v) is 7.04. The Bertz CT molecular complexity index is 1110. The van der Waals surface area contributed by atoms with Crippen LogP contribution in [0.15, 0.2) is 83.3 Å². The van der Waals surface area contributed by atoms with Gasteiger partial charge in [-0.15, -0.1) is 10.2 Å². The summed E-state index contributed by atoms with van der Waals surface area (Å²) in [5.41, 5.74) is 3.15. The summed E-state index contributed by atoms with van der Waals surface area (Å²) in [5.74, 6) is 0.707. The van der Waals surface area contributed by atoms with Gasteiger partial charge < -0.3 is 9.73 Å². The third-order valence-electron chi connectivity index (χ3n) is 4.56. The number of nitrogens with one attached hydrogen (secondary N) is 1. The van der Waals surface area contributed by atoms with Gasteiger partial charge in [0.05, 0.1) is 6.04 Å². The van der Waals surface area contributed by atoms with Crippen LogP contribution in [0.4, 0.5) is 0 Å². The van der Waals surface area contributed by atoms with Crippen molar-refractivity contribution in [1.82, 2.24) is 15.5 Å². The summed E-state index contributed by atoms with van der Waals surface area (Å²) in [6, 6.07) is 23.9. The Hall–Kier alpha value is -3.44. The molecule has 0 saturated carbocycles. The fraction of sp³-hybridized carbons (Fsp3) is 0.0870. The highest BCUT2D eigenvalue weighted by Crippen LogP contribution is 2.24. The number of hydrogen-bond donors (Lipinski definition) is 1. The highest BCUT2D eigenvalue weighted by molar-refractivity contribution is 6.30. The molecule has 1 amide bonds. The number of amides is 1. The molecule has 0 saturated heterocycles. The zero-order valence-corrected chi connectivity index (χ0v) is 16.4. The van der Waals surface area contributed by atoms with E-state index < -0.39 is 0 Å². The number of hydrogen-bond acceptors (Lipinski definition) is 4. The second-order valence-electron chi connectivity index (χ2n) is 6.60. The number of aromatic nitrogens is 2. The van der Waals surface area contributed by atoms with E-state index >= 15 is 0 Å². The first-order valence-electron chi connectivity index (χ1n) is 9.16. The summed E-state index contributed by atoms with van der Waals surface area (Å²) in [4.78, 5) is 12.5. The predicted molar refractivity (Wildman–Crippen MR) is 113 cm³/mol. The van der Waals surface area contributed by atoms with Crippen LogP contribution in [0.25, 0.3) is 22.9 Å². The minimum atomic E-state index is -0.158. The molecule has 0 radical (unpaired) electrons. The van der Waals surface area contributed by atoms with Gasteiger partial charge in [-0.2, -0.15) is 0 Å². The van der Waals surface area contributed by atoms with E-state index in [1.807, 2.05) is 61.5 Å². The quantitative estimate of drug-likeness (QED) is 0.474. The van der Waals surface area contributed by atoms with Gasteiger partial charge in [0.2, 0.25) is 11.8 Å². The van der Waals surface area contributed by atoms with Crippen molar-refractivity contribution >= 4 is 17.5 Å². The van der Waals surface area contributed by atoms with Gasteiger partial charge in [-0.1, -0.05) is 41.9 Å². The summed E-state index contributed by atoms with van der Waals surface area (Å²) in [6.45, 7) is 1.93. The first-order valence-corrected chi connectivity index (χ1v) is 9.53. The zero-order chi connectivity index (χ0) is 20.2. The van der Waals surface area contributed by atoms with Gasteiger partial charge in [-0.05, 0) is 61.0 Å². The van der Waals surface area contributed by atoms with E-state index in [-0.39, 0.29) is 11.9 Å². The summed E-state index contributed by atoms with van der Waals surface area (Å²) in [5, 5.41) is 11.8. The topological polar surface area (TPSA) is 68.0 Å². The molecule has 0 aliphatic heterocycles. The third-order valence-corrected chi connectivity index (χ3v) is 4.81. The van der Waals surface area contributed by atoms with Crippen LogP contribution >= 0.6 is 11.6 Å². The lowest BCUT2D eigenvalue weighted by Crippen LogP contribution is -2.26. The predicted octanol–water partition coefficient (Wildman–Crippen LogP) is 5.55. The van der Waals surface area contributed by atoms with E-state index in [1.54, 1.807) is 24.3 Å². The fourth-order valence-corrected chi connectivity index (χ4v) is 3.04. The fourth-order valence-electron chi connectivity index (χ4n) is 2.92. The first-order chi connectivity index (χ1) is 14.1. The first kappa shape index (κ1) is 18.9. The minimum Gasteiger partial charge on any atom is -0.416 e. The van der Waals surface area contributed by atoms with Crippen molar-refractivity contribution in [3.05, 3.63) is 95.0 Å². The zero-order valence-electron chi connectivity index (χ0n) is 15.7. The smallest absolute Gasteiger partial charge is 0.251 e. The van der Waals surface area contributed by atoms with Gasteiger partial charge in [0, 0.05) is 21.7 Å². The molecule has 3 aromatic carbocycles. The van der Waals surface area contributed by atoms with Crippen molar-refractivity contribution in [3.63, 3.8) is 0 Å².